The van der Waals surface area contributed by atoms with Gasteiger partial charge in [-0.15, -0.1) is 0 Å². The Morgan fingerprint density at radius 2 is 1.35 bits per heavy atom. The van der Waals surface area contributed by atoms with Gasteiger partial charge in [-0.1, -0.05) is 23.2 Å². The van der Waals surface area contributed by atoms with Crippen LogP contribution in [0.3, 0.4) is 0 Å². The van der Waals surface area contributed by atoms with Crippen LogP contribution in [0.1, 0.15) is 54.0 Å². The topological polar surface area (TPSA) is 91.5 Å². The molecule has 4 aromatic heterocycles. The highest BCUT2D eigenvalue weighted by Crippen LogP contribution is 2.34. The molecule has 1 unspecified atom stereocenters. The smallest absolute Gasteiger partial charge is 0.157 e. The minimum absolute atomic E-state index is 0.351. The maximum Gasteiger partial charge on any atom is 0.157 e. The van der Waals surface area contributed by atoms with E-state index in [-0.39, 0.29) is 0 Å². The van der Waals surface area contributed by atoms with Gasteiger partial charge < -0.3 is 5.11 Å². The summed E-state index contributed by atoms with van der Waals surface area (Å²) in [5, 5.41) is 28.4. The van der Waals surface area contributed by atoms with E-state index >= 15 is 0 Å². The Hall–Kier alpha value is -1.66. The van der Waals surface area contributed by atoms with Gasteiger partial charge in [0, 0.05) is 80.6 Å². The lowest BCUT2D eigenvalue weighted by atomic mass is 10.1. The number of aliphatic hydroxyl groups excluding tert-OH is 1. The first-order valence-electron chi connectivity index (χ1n) is 12.2. The van der Waals surface area contributed by atoms with Crippen LogP contribution in [0, 0.1) is 11.8 Å². The second kappa shape index (κ2) is 11.2. The quantitative estimate of drug-likeness (QED) is 0.265. The number of hydrogen-bond donors (Lipinski definition) is 1. The van der Waals surface area contributed by atoms with Gasteiger partial charge in [-0.2, -0.15) is 20.4 Å². The predicted molar refractivity (Wildman–Crippen MR) is 149 cm³/mol. The molecule has 9 nitrogen and oxygen atoms in total. The molecule has 2 aliphatic rings. The summed E-state index contributed by atoms with van der Waals surface area (Å²) in [5.41, 5.74) is 3.50. The van der Waals surface area contributed by atoms with Gasteiger partial charge in [0.2, 0.25) is 0 Å². The fourth-order valence-corrected chi connectivity index (χ4v) is 5.66. The largest absolute Gasteiger partial charge is 0.383 e. The standard InChI is InChI=1S/C12H14BrClN4O.C12H14BrClN4/c1-17-5-8(11(13)15-17)10(19)9-6-18(16-12(9)14)4-7-2-3-7;1-17-6-9(11(13)15-17)4-10-7-18(16-12(10)14)5-8-2-3-8/h5-7,10,19H,2-4H2,1H3;6-8H,2-5H2,1H3. The van der Waals surface area contributed by atoms with Crippen molar-refractivity contribution >= 4 is 55.1 Å². The summed E-state index contributed by atoms with van der Waals surface area (Å²) in [6, 6.07) is 0. The lowest BCUT2D eigenvalue weighted by Crippen LogP contribution is -2.01. The monoisotopic (exact) mass is 672 g/mol. The van der Waals surface area contributed by atoms with E-state index in [9.17, 15) is 5.11 Å². The van der Waals surface area contributed by atoms with Gasteiger partial charge in [0.15, 0.2) is 10.3 Å². The Balaban J connectivity index is 0.000000152. The fourth-order valence-electron chi connectivity index (χ4n) is 4.14. The van der Waals surface area contributed by atoms with Crippen LogP contribution in [-0.4, -0.2) is 44.2 Å². The minimum Gasteiger partial charge on any atom is -0.383 e. The van der Waals surface area contributed by atoms with Crippen LogP contribution >= 0.6 is 55.1 Å². The van der Waals surface area contributed by atoms with Crippen molar-refractivity contribution < 1.29 is 5.11 Å². The summed E-state index contributed by atoms with van der Waals surface area (Å²) in [4.78, 5) is 0. The van der Waals surface area contributed by atoms with Gasteiger partial charge in [0.1, 0.15) is 15.3 Å². The average Bonchev–Trinajstić information content (AvgIpc) is 3.69. The summed E-state index contributed by atoms with van der Waals surface area (Å²) in [5.74, 6) is 1.52. The molecule has 0 spiro atoms. The van der Waals surface area contributed by atoms with Crippen molar-refractivity contribution in [3.05, 3.63) is 66.6 Å². The van der Waals surface area contributed by atoms with E-state index < -0.39 is 6.10 Å². The Morgan fingerprint density at radius 1 is 0.784 bits per heavy atom. The molecule has 0 aromatic carbocycles. The van der Waals surface area contributed by atoms with Crippen molar-refractivity contribution in [3.63, 3.8) is 0 Å². The first-order valence-corrected chi connectivity index (χ1v) is 14.5. The number of rotatable bonds is 8. The molecule has 37 heavy (non-hydrogen) atoms. The molecule has 0 aliphatic heterocycles. The second-order valence-electron chi connectivity index (χ2n) is 9.90. The summed E-state index contributed by atoms with van der Waals surface area (Å²) < 4.78 is 8.72. The van der Waals surface area contributed by atoms with Crippen molar-refractivity contribution in [3.8, 4) is 0 Å². The van der Waals surface area contributed by atoms with Gasteiger partial charge in [-0.3, -0.25) is 18.7 Å². The van der Waals surface area contributed by atoms with E-state index in [2.05, 4.69) is 58.5 Å². The normalized spacial score (nSPS) is 16.1. The van der Waals surface area contributed by atoms with Crippen LogP contribution in [0.2, 0.25) is 10.3 Å². The fraction of sp³-hybridized carbons (Fsp3) is 0.500. The van der Waals surface area contributed by atoms with E-state index in [1.54, 1.807) is 22.6 Å². The first kappa shape index (κ1) is 26.9. The molecule has 198 valence electrons. The molecule has 4 aromatic rings. The van der Waals surface area contributed by atoms with Crippen LogP contribution in [0.25, 0.3) is 0 Å². The summed E-state index contributed by atoms with van der Waals surface area (Å²) >= 11 is 19.1. The van der Waals surface area contributed by atoms with Crippen LogP contribution in [-0.2, 0) is 33.6 Å². The third-order valence-electron chi connectivity index (χ3n) is 6.45. The number of aliphatic hydroxyl groups is 1. The number of aryl methyl sites for hydroxylation is 2. The van der Waals surface area contributed by atoms with E-state index in [1.807, 2.05) is 28.8 Å². The SMILES string of the molecule is Cn1cc(C(O)c2cn(CC3CC3)nc2Cl)c(Br)n1.Cn1cc(Cc2cn(CC3CC3)nc2Cl)c(Br)n1. The minimum atomic E-state index is -0.816. The van der Waals surface area contributed by atoms with Crippen LogP contribution < -0.4 is 0 Å². The zero-order valence-electron chi connectivity index (χ0n) is 20.5. The van der Waals surface area contributed by atoms with Crippen molar-refractivity contribution in [1.82, 2.24) is 39.1 Å². The zero-order chi connectivity index (χ0) is 26.3. The third-order valence-corrected chi connectivity index (χ3v) is 8.34. The van der Waals surface area contributed by atoms with Gasteiger partial charge in [0.25, 0.3) is 0 Å². The van der Waals surface area contributed by atoms with Crippen LogP contribution in [0.5, 0.6) is 0 Å². The summed E-state index contributed by atoms with van der Waals surface area (Å²) in [7, 11) is 3.71. The second-order valence-corrected chi connectivity index (χ2v) is 12.1. The van der Waals surface area contributed by atoms with E-state index in [1.165, 1.54) is 25.7 Å². The molecular formula is C24H28Br2Cl2N8O. The van der Waals surface area contributed by atoms with Gasteiger partial charge in [-0.05, 0) is 69.4 Å². The molecule has 2 fully saturated rings. The van der Waals surface area contributed by atoms with Gasteiger partial charge in [0.05, 0.1) is 0 Å². The van der Waals surface area contributed by atoms with Crippen LogP contribution in [0.15, 0.2) is 34.0 Å². The lowest BCUT2D eigenvalue weighted by molar-refractivity contribution is 0.219. The molecule has 2 saturated carbocycles. The Labute approximate surface area is 242 Å². The van der Waals surface area contributed by atoms with Crippen molar-refractivity contribution in [2.75, 3.05) is 0 Å². The maximum absolute atomic E-state index is 10.4. The van der Waals surface area contributed by atoms with Crippen LogP contribution in [0.4, 0.5) is 0 Å². The maximum atomic E-state index is 10.4. The van der Waals surface area contributed by atoms with E-state index in [0.717, 1.165) is 41.2 Å². The molecule has 0 saturated heterocycles. The molecule has 0 bridgehead atoms. The molecule has 2 aliphatic carbocycles. The van der Waals surface area contributed by atoms with Gasteiger partial charge in [-0.25, -0.2) is 0 Å². The number of hydrogen-bond acceptors (Lipinski definition) is 5. The number of aromatic nitrogens is 8. The van der Waals surface area contributed by atoms with E-state index in [4.69, 9.17) is 23.2 Å². The molecule has 6 rings (SSSR count). The highest BCUT2D eigenvalue weighted by Gasteiger charge is 2.26. The highest BCUT2D eigenvalue weighted by molar-refractivity contribution is 9.10. The molecule has 1 atom stereocenters. The third kappa shape index (κ3) is 6.86. The zero-order valence-corrected chi connectivity index (χ0v) is 25.2. The number of nitrogens with zero attached hydrogens (tertiary/aromatic N) is 8. The Bertz CT molecular complexity index is 1390. The van der Waals surface area contributed by atoms with Crippen molar-refractivity contribution in [1.29, 1.82) is 0 Å². The first-order chi connectivity index (χ1) is 17.7. The molecule has 0 amide bonds. The predicted octanol–water partition coefficient (Wildman–Crippen LogP) is 5.56. The Kier molecular flexibility index (Phi) is 8.16. The molecule has 4 heterocycles. The van der Waals surface area contributed by atoms with E-state index in [0.29, 0.717) is 32.0 Å². The molecule has 1 N–H and O–H groups in total. The van der Waals surface area contributed by atoms with Crippen molar-refractivity contribution in [2.45, 2.75) is 51.3 Å². The summed E-state index contributed by atoms with van der Waals surface area (Å²) in [6.45, 7) is 1.87. The highest BCUT2D eigenvalue weighted by atomic mass is 79.9. The molecule has 13 heteroatoms. The Morgan fingerprint density at radius 3 is 1.89 bits per heavy atom. The summed E-state index contributed by atoms with van der Waals surface area (Å²) in [6.07, 6.45) is 12.7. The molecular weight excluding hydrogens is 647 g/mol. The number of halogens is 4. The van der Waals surface area contributed by atoms with Gasteiger partial charge >= 0.3 is 0 Å². The van der Waals surface area contributed by atoms with Crippen molar-refractivity contribution in [2.24, 2.45) is 25.9 Å². The molecule has 0 radical (unpaired) electrons. The average molecular weight is 675 g/mol. The lowest BCUT2D eigenvalue weighted by Gasteiger charge is -2.06.